The van der Waals surface area contributed by atoms with E-state index in [0.29, 0.717) is 18.0 Å². The quantitative estimate of drug-likeness (QED) is 0.777. The summed E-state index contributed by atoms with van der Waals surface area (Å²) in [6, 6.07) is 12.1. The molecular formula is C17H17FN4O. The Morgan fingerprint density at radius 2 is 2.04 bits per heavy atom. The minimum atomic E-state index is -0.307. The average molecular weight is 312 g/mol. The predicted octanol–water partition coefficient (Wildman–Crippen LogP) is 3.28. The number of aromatic nitrogens is 2. The van der Waals surface area contributed by atoms with Gasteiger partial charge in [0, 0.05) is 32.3 Å². The van der Waals surface area contributed by atoms with Crippen LogP contribution in [0.15, 0.2) is 42.5 Å². The van der Waals surface area contributed by atoms with E-state index in [0.717, 1.165) is 16.8 Å². The number of rotatable bonds is 4. The van der Waals surface area contributed by atoms with E-state index in [1.165, 1.54) is 19.1 Å². The molecule has 0 aliphatic rings. The number of benzene rings is 2. The van der Waals surface area contributed by atoms with Crippen LogP contribution < -0.4 is 10.6 Å². The number of imidazole rings is 1. The number of halogens is 1. The molecule has 0 saturated heterocycles. The number of aryl methyl sites for hydroxylation is 1. The van der Waals surface area contributed by atoms with E-state index in [4.69, 9.17) is 0 Å². The van der Waals surface area contributed by atoms with Gasteiger partial charge in [-0.2, -0.15) is 0 Å². The smallest absolute Gasteiger partial charge is 0.221 e. The zero-order chi connectivity index (χ0) is 16.4. The van der Waals surface area contributed by atoms with Crippen LogP contribution in [-0.4, -0.2) is 15.5 Å². The lowest BCUT2D eigenvalue weighted by atomic mass is 10.2. The SMILES string of the molecule is CC(=O)Nc1ccccc1CNc1nc2cc(F)ccc2n1C. The number of para-hydroxylation sites is 1. The highest BCUT2D eigenvalue weighted by Gasteiger charge is 2.09. The molecule has 1 aromatic heterocycles. The fraction of sp³-hybridized carbons (Fsp3) is 0.176. The molecule has 0 atom stereocenters. The Morgan fingerprint density at radius 1 is 1.26 bits per heavy atom. The maximum atomic E-state index is 13.3. The Morgan fingerprint density at radius 3 is 2.83 bits per heavy atom. The number of nitrogens with one attached hydrogen (secondary N) is 2. The second-order valence-corrected chi connectivity index (χ2v) is 5.32. The first-order valence-electron chi connectivity index (χ1n) is 7.26. The van der Waals surface area contributed by atoms with Crippen LogP contribution in [0, 0.1) is 5.82 Å². The van der Waals surface area contributed by atoms with Crippen LogP contribution in [0.2, 0.25) is 0 Å². The van der Waals surface area contributed by atoms with E-state index >= 15 is 0 Å². The number of anilines is 2. The van der Waals surface area contributed by atoms with Crippen molar-refractivity contribution in [3.05, 3.63) is 53.8 Å². The number of hydrogen-bond acceptors (Lipinski definition) is 3. The Labute approximate surface area is 133 Å². The van der Waals surface area contributed by atoms with Gasteiger partial charge in [-0.15, -0.1) is 0 Å². The van der Waals surface area contributed by atoms with Crippen molar-refractivity contribution in [2.45, 2.75) is 13.5 Å². The zero-order valence-electron chi connectivity index (χ0n) is 12.9. The lowest BCUT2D eigenvalue weighted by molar-refractivity contribution is -0.114. The predicted molar refractivity (Wildman–Crippen MR) is 88.7 cm³/mol. The van der Waals surface area contributed by atoms with Gasteiger partial charge in [-0.1, -0.05) is 18.2 Å². The number of amides is 1. The second kappa shape index (κ2) is 6.08. The van der Waals surface area contributed by atoms with Gasteiger partial charge >= 0.3 is 0 Å². The fourth-order valence-corrected chi connectivity index (χ4v) is 2.49. The van der Waals surface area contributed by atoms with Crippen LogP contribution in [0.4, 0.5) is 16.0 Å². The van der Waals surface area contributed by atoms with Gasteiger partial charge in [-0.05, 0) is 23.8 Å². The minimum absolute atomic E-state index is 0.115. The van der Waals surface area contributed by atoms with E-state index in [-0.39, 0.29) is 11.7 Å². The molecule has 0 saturated carbocycles. The molecule has 0 bridgehead atoms. The van der Waals surface area contributed by atoms with Crippen LogP contribution in [0.5, 0.6) is 0 Å². The first-order chi connectivity index (χ1) is 11.0. The molecule has 0 spiro atoms. The van der Waals surface area contributed by atoms with Crippen LogP contribution in [-0.2, 0) is 18.4 Å². The molecular weight excluding hydrogens is 295 g/mol. The zero-order valence-corrected chi connectivity index (χ0v) is 12.9. The molecule has 23 heavy (non-hydrogen) atoms. The van der Waals surface area contributed by atoms with Crippen molar-refractivity contribution >= 4 is 28.6 Å². The number of carbonyl (C=O) groups is 1. The Hall–Kier alpha value is -2.89. The first kappa shape index (κ1) is 15.0. The molecule has 3 aromatic rings. The lowest BCUT2D eigenvalue weighted by Crippen LogP contribution is -2.11. The molecule has 5 nitrogen and oxygen atoms in total. The summed E-state index contributed by atoms with van der Waals surface area (Å²) in [6.45, 7) is 1.97. The van der Waals surface area contributed by atoms with E-state index in [1.54, 1.807) is 6.07 Å². The minimum Gasteiger partial charge on any atom is -0.351 e. The van der Waals surface area contributed by atoms with Crippen LogP contribution in [0.1, 0.15) is 12.5 Å². The topological polar surface area (TPSA) is 59.0 Å². The summed E-state index contributed by atoms with van der Waals surface area (Å²) in [5, 5.41) is 6.03. The van der Waals surface area contributed by atoms with Gasteiger partial charge < -0.3 is 15.2 Å². The van der Waals surface area contributed by atoms with Gasteiger partial charge in [0.15, 0.2) is 0 Å². The molecule has 3 rings (SSSR count). The maximum Gasteiger partial charge on any atom is 0.221 e. The molecule has 2 aromatic carbocycles. The Kier molecular flexibility index (Phi) is 3.97. The largest absolute Gasteiger partial charge is 0.351 e. The van der Waals surface area contributed by atoms with Gasteiger partial charge in [0.1, 0.15) is 5.82 Å². The summed E-state index contributed by atoms with van der Waals surface area (Å²) in [5.74, 6) is 0.219. The van der Waals surface area contributed by atoms with E-state index < -0.39 is 0 Å². The van der Waals surface area contributed by atoms with Crippen molar-refractivity contribution in [1.82, 2.24) is 9.55 Å². The van der Waals surface area contributed by atoms with Crippen molar-refractivity contribution < 1.29 is 9.18 Å². The van der Waals surface area contributed by atoms with Gasteiger partial charge in [-0.3, -0.25) is 4.79 Å². The summed E-state index contributed by atoms with van der Waals surface area (Å²) >= 11 is 0. The molecule has 0 radical (unpaired) electrons. The molecule has 118 valence electrons. The number of carbonyl (C=O) groups excluding carboxylic acids is 1. The molecule has 2 N–H and O–H groups in total. The first-order valence-corrected chi connectivity index (χ1v) is 7.26. The highest BCUT2D eigenvalue weighted by atomic mass is 19.1. The molecule has 0 aliphatic heterocycles. The highest BCUT2D eigenvalue weighted by molar-refractivity contribution is 5.89. The summed E-state index contributed by atoms with van der Waals surface area (Å²) in [6.07, 6.45) is 0. The average Bonchev–Trinajstić information content (AvgIpc) is 2.81. The second-order valence-electron chi connectivity index (χ2n) is 5.32. The highest BCUT2D eigenvalue weighted by Crippen LogP contribution is 2.21. The molecule has 1 heterocycles. The standard InChI is InChI=1S/C17H17FN4O/c1-11(23)20-14-6-4-3-5-12(14)10-19-17-21-15-9-13(18)7-8-16(15)22(17)2/h3-9H,10H2,1-2H3,(H,19,21)(H,20,23). The third kappa shape index (κ3) is 3.15. The van der Waals surface area contributed by atoms with Crippen molar-refractivity contribution in [2.24, 2.45) is 7.05 Å². The molecule has 0 fully saturated rings. The third-order valence-electron chi connectivity index (χ3n) is 3.61. The third-order valence-corrected chi connectivity index (χ3v) is 3.61. The monoisotopic (exact) mass is 312 g/mol. The van der Waals surface area contributed by atoms with Crippen molar-refractivity contribution in [3.63, 3.8) is 0 Å². The lowest BCUT2D eigenvalue weighted by Gasteiger charge is -2.11. The van der Waals surface area contributed by atoms with Gasteiger partial charge in [0.2, 0.25) is 11.9 Å². The fourth-order valence-electron chi connectivity index (χ4n) is 2.49. The summed E-state index contributed by atoms with van der Waals surface area (Å²) in [4.78, 5) is 15.7. The molecule has 0 unspecified atom stereocenters. The van der Waals surface area contributed by atoms with Crippen LogP contribution in [0.3, 0.4) is 0 Å². The van der Waals surface area contributed by atoms with Gasteiger partial charge in [0.25, 0.3) is 0 Å². The van der Waals surface area contributed by atoms with Crippen molar-refractivity contribution in [2.75, 3.05) is 10.6 Å². The van der Waals surface area contributed by atoms with Crippen LogP contribution in [0.25, 0.3) is 11.0 Å². The number of fused-ring (bicyclic) bond motifs is 1. The summed E-state index contributed by atoms with van der Waals surface area (Å²) < 4.78 is 15.2. The molecule has 0 aliphatic carbocycles. The van der Waals surface area contributed by atoms with E-state index in [1.807, 2.05) is 35.9 Å². The van der Waals surface area contributed by atoms with Gasteiger partial charge in [-0.25, -0.2) is 9.37 Å². The maximum absolute atomic E-state index is 13.3. The summed E-state index contributed by atoms with van der Waals surface area (Å²) in [5.41, 5.74) is 3.16. The molecule has 6 heteroatoms. The van der Waals surface area contributed by atoms with Crippen molar-refractivity contribution in [1.29, 1.82) is 0 Å². The van der Waals surface area contributed by atoms with E-state index in [2.05, 4.69) is 15.6 Å². The number of hydrogen-bond donors (Lipinski definition) is 2. The Bertz CT molecular complexity index is 872. The Balaban J connectivity index is 1.84. The normalized spacial score (nSPS) is 10.7. The van der Waals surface area contributed by atoms with E-state index in [9.17, 15) is 9.18 Å². The molecule has 1 amide bonds. The van der Waals surface area contributed by atoms with Crippen molar-refractivity contribution in [3.8, 4) is 0 Å². The van der Waals surface area contributed by atoms with Crippen LogP contribution >= 0.6 is 0 Å². The summed E-state index contributed by atoms with van der Waals surface area (Å²) in [7, 11) is 1.87. The number of nitrogens with zero attached hydrogens (tertiary/aromatic N) is 2. The van der Waals surface area contributed by atoms with Gasteiger partial charge in [0.05, 0.1) is 11.0 Å².